The molecule has 0 radical (unpaired) electrons. The predicted molar refractivity (Wildman–Crippen MR) is 50.1 cm³/mol. The second kappa shape index (κ2) is 4.56. The van der Waals surface area contributed by atoms with Gasteiger partial charge in [-0.25, -0.2) is 0 Å². The average Bonchev–Trinajstić information content (AvgIpc) is 1.85. The van der Waals surface area contributed by atoms with Crippen LogP contribution in [0.5, 0.6) is 0 Å². The monoisotopic (exact) mass is 203 g/mol. The summed E-state index contributed by atoms with van der Waals surface area (Å²) >= 11 is 3.37. The van der Waals surface area contributed by atoms with Crippen LogP contribution in [-0.4, -0.2) is 6.04 Å². The molecule has 0 aromatic heterocycles. The van der Waals surface area contributed by atoms with Crippen molar-refractivity contribution in [3.05, 3.63) is 22.8 Å². The number of nitrogens with one attached hydrogen (secondary N) is 1. The first-order valence-corrected chi connectivity index (χ1v) is 4.12. The molecule has 2 heteroatoms. The van der Waals surface area contributed by atoms with E-state index in [-0.39, 0.29) is 0 Å². The van der Waals surface area contributed by atoms with E-state index in [2.05, 4.69) is 41.7 Å². The predicted octanol–water partition coefficient (Wildman–Crippen LogP) is 2.80. The smallest absolute Gasteiger partial charge is 0.0355 e. The van der Waals surface area contributed by atoms with Crippen molar-refractivity contribution in [3.8, 4) is 0 Å². The van der Waals surface area contributed by atoms with E-state index in [4.69, 9.17) is 0 Å². The molecule has 1 N–H and O–H groups in total. The molecule has 0 saturated heterocycles. The van der Waals surface area contributed by atoms with Gasteiger partial charge in [0.1, 0.15) is 0 Å². The fourth-order valence-electron chi connectivity index (χ4n) is 0.655. The fraction of sp³-hybridized carbons (Fsp3) is 0.500. The number of rotatable bonds is 3. The van der Waals surface area contributed by atoms with Crippen LogP contribution >= 0.6 is 15.9 Å². The van der Waals surface area contributed by atoms with Crippen LogP contribution < -0.4 is 5.32 Å². The summed E-state index contributed by atoms with van der Waals surface area (Å²) in [4.78, 5) is 0. The number of halogens is 1. The van der Waals surface area contributed by atoms with E-state index in [0.717, 1.165) is 10.2 Å². The molecule has 0 aliphatic rings. The van der Waals surface area contributed by atoms with Crippen LogP contribution in [0.2, 0.25) is 0 Å². The minimum Gasteiger partial charge on any atom is -0.385 e. The Bertz CT molecular complexity index is 147. The average molecular weight is 204 g/mol. The minimum atomic E-state index is 0.479. The zero-order valence-electron chi connectivity index (χ0n) is 6.74. The maximum atomic E-state index is 3.64. The third-order valence-electron chi connectivity index (χ3n) is 1.04. The van der Waals surface area contributed by atoms with E-state index in [1.807, 2.05) is 6.92 Å². The molecular formula is C8H14BrN. The number of hydrogen-bond donors (Lipinski definition) is 1. The Hall–Kier alpha value is -0.240. The SMILES string of the molecule is C=C/C(Br)=C(\C)NC(C)C. The van der Waals surface area contributed by atoms with Crippen molar-refractivity contribution in [3.63, 3.8) is 0 Å². The molecule has 0 fully saturated rings. The van der Waals surface area contributed by atoms with Gasteiger partial charge in [-0.05, 0) is 36.7 Å². The Labute approximate surface area is 71.3 Å². The Morgan fingerprint density at radius 1 is 1.60 bits per heavy atom. The highest BCUT2D eigenvalue weighted by Gasteiger charge is 1.95. The van der Waals surface area contributed by atoms with E-state index in [1.165, 1.54) is 0 Å². The van der Waals surface area contributed by atoms with Crippen LogP contribution in [0.1, 0.15) is 20.8 Å². The summed E-state index contributed by atoms with van der Waals surface area (Å²) in [5.41, 5.74) is 1.13. The Morgan fingerprint density at radius 3 is 2.40 bits per heavy atom. The lowest BCUT2D eigenvalue weighted by molar-refractivity contribution is 0.669. The molecule has 0 unspecified atom stereocenters. The summed E-state index contributed by atoms with van der Waals surface area (Å²) in [6, 6.07) is 0.479. The van der Waals surface area contributed by atoms with Crippen LogP contribution in [-0.2, 0) is 0 Å². The van der Waals surface area contributed by atoms with Gasteiger partial charge in [-0.2, -0.15) is 0 Å². The van der Waals surface area contributed by atoms with E-state index in [9.17, 15) is 0 Å². The Morgan fingerprint density at radius 2 is 2.10 bits per heavy atom. The summed E-state index contributed by atoms with van der Waals surface area (Å²) in [6.07, 6.45) is 1.78. The van der Waals surface area contributed by atoms with Crippen molar-refractivity contribution in [1.82, 2.24) is 5.32 Å². The zero-order valence-corrected chi connectivity index (χ0v) is 8.33. The Balaban J connectivity index is 4.04. The van der Waals surface area contributed by atoms with E-state index >= 15 is 0 Å². The molecule has 0 heterocycles. The molecule has 0 saturated carbocycles. The van der Waals surface area contributed by atoms with Gasteiger partial charge < -0.3 is 5.32 Å². The van der Waals surface area contributed by atoms with Crippen molar-refractivity contribution in [1.29, 1.82) is 0 Å². The first kappa shape index (κ1) is 9.76. The first-order valence-electron chi connectivity index (χ1n) is 3.33. The third kappa shape index (κ3) is 3.72. The van der Waals surface area contributed by atoms with Crippen LogP contribution in [0, 0.1) is 0 Å². The second-order valence-electron chi connectivity index (χ2n) is 2.48. The van der Waals surface area contributed by atoms with Crippen molar-refractivity contribution in [2.24, 2.45) is 0 Å². The molecule has 0 aromatic carbocycles. The van der Waals surface area contributed by atoms with E-state index < -0.39 is 0 Å². The highest BCUT2D eigenvalue weighted by atomic mass is 79.9. The van der Waals surface area contributed by atoms with Crippen molar-refractivity contribution in [2.45, 2.75) is 26.8 Å². The van der Waals surface area contributed by atoms with E-state index in [0.29, 0.717) is 6.04 Å². The molecular weight excluding hydrogens is 190 g/mol. The van der Waals surface area contributed by atoms with E-state index in [1.54, 1.807) is 6.08 Å². The fourth-order valence-corrected chi connectivity index (χ4v) is 0.770. The van der Waals surface area contributed by atoms with Gasteiger partial charge in [0.15, 0.2) is 0 Å². The molecule has 0 rings (SSSR count). The third-order valence-corrected chi connectivity index (χ3v) is 1.96. The van der Waals surface area contributed by atoms with Gasteiger partial charge in [0.25, 0.3) is 0 Å². The summed E-state index contributed by atoms with van der Waals surface area (Å²) in [5, 5.41) is 3.25. The molecule has 0 bridgehead atoms. The molecule has 10 heavy (non-hydrogen) atoms. The lowest BCUT2D eigenvalue weighted by Crippen LogP contribution is -2.20. The Kier molecular flexibility index (Phi) is 4.45. The quantitative estimate of drug-likeness (QED) is 0.697. The van der Waals surface area contributed by atoms with Crippen LogP contribution in [0.4, 0.5) is 0 Å². The number of allylic oxidation sites excluding steroid dienone is 3. The highest BCUT2D eigenvalue weighted by molar-refractivity contribution is 9.11. The molecule has 0 amide bonds. The molecule has 0 aromatic rings. The zero-order chi connectivity index (χ0) is 8.15. The summed E-state index contributed by atoms with van der Waals surface area (Å²) < 4.78 is 1.03. The van der Waals surface area contributed by atoms with Crippen LogP contribution in [0.15, 0.2) is 22.8 Å². The lowest BCUT2D eigenvalue weighted by Gasteiger charge is -2.10. The van der Waals surface area contributed by atoms with Crippen LogP contribution in [0.25, 0.3) is 0 Å². The standard InChI is InChI=1S/C8H14BrN/c1-5-8(9)7(4)10-6(2)3/h5-6,10H,1H2,2-4H3/b8-7-. The summed E-state index contributed by atoms with van der Waals surface area (Å²) in [5.74, 6) is 0. The maximum absolute atomic E-state index is 3.64. The lowest BCUT2D eigenvalue weighted by atomic mass is 10.3. The van der Waals surface area contributed by atoms with Gasteiger partial charge in [0.05, 0.1) is 0 Å². The van der Waals surface area contributed by atoms with Gasteiger partial charge in [0, 0.05) is 16.2 Å². The molecule has 0 aliphatic carbocycles. The van der Waals surface area contributed by atoms with Crippen molar-refractivity contribution in [2.75, 3.05) is 0 Å². The summed E-state index contributed by atoms with van der Waals surface area (Å²) in [6.45, 7) is 9.87. The normalized spacial score (nSPS) is 12.9. The molecule has 58 valence electrons. The first-order chi connectivity index (χ1) is 4.57. The topological polar surface area (TPSA) is 12.0 Å². The molecule has 1 nitrogen and oxygen atoms in total. The number of hydrogen-bond acceptors (Lipinski definition) is 1. The second-order valence-corrected chi connectivity index (χ2v) is 3.33. The largest absolute Gasteiger partial charge is 0.385 e. The van der Waals surface area contributed by atoms with Crippen LogP contribution in [0.3, 0.4) is 0 Å². The van der Waals surface area contributed by atoms with Gasteiger partial charge in [-0.3, -0.25) is 0 Å². The summed E-state index contributed by atoms with van der Waals surface area (Å²) in [7, 11) is 0. The highest BCUT2D eigenvalue weighted by Crippen LogP contribution is 2.10. The van der Waals surface area contributed by atoms with Gasteiger partial charge in [-0.15, -0.1) is 0 Å². The van der Waals surface area contributed by atoms with Gasteiger partial charge >= 0.3 is 0 Å². The maximum Gasteiger partial charge on any atom is 0.0355 e. The molecule has 0 spiro atoms. The molecule has 0 atom stereocenters. The minimum absolute atomic E-state index is 0.479. The molecule has 0 aliphatic heterocycles. The van der Waals surface area contributed by atoms with Crippen molar-refractivity contribution >= 4 is 15.9 Å². The van der Waals surface area contributed by atoms with Crippen molar-refractivity contribution < 1.29 is 0 Å². The van der Waals surface area contributed by atoms with Gasteiger partial charge in [0.2, 0.25) is 0 Å². The van der Waals surface area contributed by atoms with Gasteiger partial charge in [-0.1, -0.05) is 12.7 Å².